The molecule has 0 fully saturated rings. The zero-order valence-corrected chi connectivity index (χ0v) is 18.1. The first kappa shape index (κ1) is 21.3. The highest BCUT2D eigenvalue weighted by molar-refractivity contribution is 6.14. The molecule has 1 atom stereocenters. The minimum Gasteiger partial charge on any atom is -0.503 e. The van der Waals surface area contributed by atoms with Crippen LogP contribution in [0.2, 0.25) is 0 Å². The van der Waals surface area contributed by atoms with Crippen LogP contribution in [0, 0.1) is 0 Å². The maximum absolute atomic E-state index is 13.2. The van der Waals surface area contributed by atoms with Crippen molar-refractivity contribution in [1.82, 2.24) is 4.90 Å². The Bertz CT molecular complexity index is 1310. The van der Waals surface area contributed by atoms with Crippen molar-refractivity contribution in [3.8, 4) is 5.75 Å². The molecular weight excluding hydrogens is 434 g/mol. The first-order chi connectivity index (χ1) is 16.6. The van der Waals surface area contributed by atoms with Crippen molar-refractivity contribution >= 4 is 11.7 Å². The highest BCUT2D eigenvalue weighted by Gasteiger charge is 2.44. The molecule has 7 heteroatoms. The molecular formula is C27H21NO6. The van der Waals surface area contributed by atoms with Gasteiger partial charge in [0.05, 0.1) is 30.7 Å². The number of nitrogens with zero attached hydrogens (tertiary/aromatic N) is 1. The predicted octanol–water partition coefficient (Wildman–Crippen LogP) is 5.23. The topological polar surface area (TPSA) is 93.1 Å². The van der Waals surface area contributed by atoms with E-state index in [1.165, 1.54) is 23.5 Å². The second-order valence-corrected chi connectivity index (χ2v) is 7.83. The number of rotatable bonds is 8. The Labute approximate surface area is 195 Å². The molecule has 4 aromatic rings. The monoisotopic (exact) mass is 455 g/mol. The molecule has 2 aromatic heterocycles. The number of ketones is 1. The largest absolute Gasteiger partial charge is 0.503 e. The summed E-state index contributed by atoms with van der Waals surface area (Å²) in [6.45, 7) is 0.497. The van der Waals surface area contributed by atoms with E-state index < -0.39 is 23.5 Å². The number of aliphatic hydroxyl groups is 1. The lowest BCUT2D eigenvalue weighted by atomic mass is 9.95. The van der Waals surface area contributed by atoms with Gasteiger partial charge in [-0.05, 0) is 47.5 Å². The Balaban J connectivity index is 1.45. The highest BCUT2D eigenvalue weighted by atomic mass is 16.5. The molecule has 1 N–H and O–H groups in total. The molecule has 0 unspecified atom stereocenters. The third kappa shape index (κ3) is 4.11. The number of hydrogen-bond acceptors (Lipinski definition) is 6. The van der Waals surface area contributed by atoms with Gasteiger partial charge >= 0.3 is 0 Å². The molecule has 2 aromatic carbocycles. The van der Waals surface area contributed by atoms with Gasteiger partial charge in [-0.25, -0.2) is 0 Å². The van der Waals surface area contributed by atoms with Crippen molar-refractivity contribution in [2.24, 2.45) is 0 Å². The molecule has 1 aliphatic rings. The number of aliphatic hydroxyl groups excluding tert-OH is 1. The quantitative estimate of drug-likeness (QED) is 0.366. The molecule has 1 amide bonds. The lowest BCUT2D eigenvalue weighted by Gasteiger charge is -2.26. The summed E-state index contributed by atoms with van der Waals surface area (Å²) in [5.41, 5.74) is 1.65. The van der Waals surface area contributed by atoms with E-state index in [1.54, 1.807) is 42.5 Å². The summed E-state index contributed by atoms with van der Waals surface area (Å²) in [6, 6.07) is 22.6. The zero-order chi connectivity index (χ0) is 23.5. The third-order valence-electron chi connectivity index (χ3n) is 5.64. The number of amides is 1. The van der Waals surface area contributed by atoms with E-state index in [0.29, 0.717) is 23.7 Å². The first-order valence-electron chi connectivity index (χ1n) is 10.7. The second kappa shape index (κ2) is 9.15. The molecule has 1 aliphatic heterocycles. The van der Waals surface area contributed by atoms with Crippen LogP contribution in [0.5, 0.6) is 5.75 Å². The summed E-state index contributed by atoms with van der Waals surface area (Å²) in [6.07, 6.45) is 2.88. The van der Waals surface area contributed by atoms with Crippen LogP contribution < -0.4 is 4.74 Å². The summed E-state index contributed by atoms with van der Waals surface area (Å²) in [5.74, 6) is -0.584. The van der Waals surface area contributed by atoms with E-state index in [0.717, 1.165) is 5.56 Å². The molecule has 7 nitrogen and oxygen atoms in total. The van der Waals surface area contributed by atoms with Gasteiger partial charge in [0.2, 0.25) is 5.78 Å². The maximum Gasteiger partial charge on any atom is 0.290 e. The van der Waals surface area contributed by atoms with Crippen molar-refractivity contribution < 1.29 is 28.3 Å². The number of carbonyl (C=O) groups excluding carboxylic acids is 2. The number of ether oxygens (including phenoxy) is 1. The average molecular weight is 455 g/mol. The van der Waals surface area contributed by atoms with Gasteiger partial charge in [-0.1, -0.05) is 42.5 Å². The molecule has 3 heterocycles. The number of furan rings is 2. The Morgan fingerprint density at radius 1 is 0.912 bits per heavy atom. The van der Waals surface area contributed by atoms with Gasteiger partial charge in [-0.3, -0.25) is 9.59 Å². The van der Waals surface area contributed by atoms with Crippen molar-refractivity contribution in [2.45, 2.75) is 19.2 Å². The van der Waals surface area contributed by atoms with Crippen molar-refractivity contribution in [1.29, 1.82) is 0 Å². The van der Waals surface area contributed by atoms with E-state index >= 15 is 0 Å². The van der Waals surface area contributed by atoms with Crippen molar-refractivity contribution in [2.75, 3.05) is 0 Å². The molecule has 0 saturated carbocycles. The fraction of sp³-hybridized carbons (Fsp3) is 0.111. The van der Waals surface area contributed by atoms with E-state index in [1.807, 2.05) is 30.3 Å². The Hall–Kier alpha value is -4.52. The first-order valence-corrected chi connectivity index (χ1v) is 10.7. The molecule has 0 spiro atoms. The summed E-state index contributed by atoms with van der Waals surface area (Å²) < 4.78 is 16.5. The zero-order valence-electron chi connectivity index (χ0n) is 18.1. The van der Waals surface area contributed by atoms with Gasteiger partial charge in [-0.2, -0.15) is 0 Å². The van der Waals surface area contributed by atoms with E-state index in [-0.39, 0.29) is 17.9 Å². The Morgan fingerprint density at radius 2 is 1.65 bits per heavy atom. The number of benzene rings is 2. The summed E-state index contributed by atoms with van der Waals surface area (Å²) in [5, 5.41) is 10.7. The molecule has 0 bridgehead atoms. The highest BCUT2D eigenvalue weighted by Crippen LogP contribution is 2.40. The molecule has 34 heavy (non-hydrogen) atoms. The SMILES string of the molecule is O=C(C1=C(O)C(=O)N(Cc2ccco2)[C@@H]1c1ccc(OCc2ccccc2)cc1)c1ccco1. The van der Waals surface area contributed by atoms with Crippen LogP contribution in [0.1, 0.15) is 33.5 Å². The molecule has 170 valence electrons. The van der Waals surface area contributed by atoms with Crippen LogP contribution in [0.4, 0.5) is 0 Å². The minimum atomic E-state index is -0.821. The smallest absolute Gasteiger partial charge is 0.290 e. The van der Waals surface area contributed by atoms with Crippen LogP contribution in [0.25, 0.3) is 0 Å². The lowest BCUT2D eigenvalue weighted by Crippen LogP contribution is -2.30. The van der Waals surface area contributed by atoms with Crippen LogP contribution in [-0.2, 0) is 17.9 Å². The molecule has 0 radical (unpaired) electrons. The summed E-state index contributed by atoms with van der Waals surface area (Å²) in [7, 11) is 0. The Morgan fingerprint density at radius 3 is 2.32 bits per heavy atom. The number of Topliss-reactive ketones (excluding diaryl/α,β-unsaturated/α-hetero) is 1. The fourth-order valence-corrected chi connectivity index (χ4v) is 3.99. The van der Waals surface area contributed by atoms with Gasteiger partial charge in [-0.15, -0.1) is 0 Å². The fourth-order valence-electron chi connectivity index (χ4n) is 3.99. The molecule has 5 rings (SSSR count). The van der Waals surface area contributed by atoms with Gasteiger partial charge in [0.1, 0.15) is 18.1 Å². The summed E-state index contributed by atoms with van der Waals surface area (Å²) in [4.78, 5) is 27.6. The van der Waals surface area contributed by atoms with Crippen LogP contribution >= 0.6 is 0 Å². The predicted molar refractivity (Wildman–Crippen MR) is 122 cm³/mol. The van der Waals surface area contributed by atoms with Gasteiger partial charge in [0.15, 0.2) is 11.5 Å². The third-order valence-corrected chi connectivity index (χ3v) is 5.64. The Kier molecular flexibility index (Phi) is 5.74. The van der Waals surface area contributed by atoms with Crippen LogP contribution in [0.3, 0.4) is 0 Å². The second-order valence-electron chi connectivity index (χ2n) is 7.83. The minimum absolute atomic E-state index is 0.0375. The lowest BCUT2D eigenvalue weighted by molar-refractivity contribution is -0.130. The maximum atomic E-state index is 13.2. The van der Waals surface area contributed by atoms with Gasteiger partial charge < -0.3 is 23.6 Å². The van der Waals surface area contributed by atoms with Gasteiger partial charge in [0.25, 0.3) is 5.91 Å². The van der Waals surface area contributed by atoms with Crippen molar-refractivity contribution in [3.05, 3.63) is 125 Å². The number of carbonyl (C=O) groups is 2. The number of hydrogen-bond donors (Lipinski definition) is 1. The summed E-state index contributed by atoms with van der Waals surface area (Å²) >= 11 is 0. The van der Waals surface area contributed by atoms with Crippen LogP contribution in [0.15, 0.2) is 112 Å². The van der Waals surface area contributed by atoms with Gasteiger partial charge in [0, 0.05) is 0 Å². The van der Waals surface area contributed by atoms with Crippen LogP contribution in [-0.4, -0.2) is 21.7 Å². The average Bonchev–Trinajstić information content (AvgIpc) is 3.63. The standard InChI is InChI=1S/C27H21NO6/c29-25(22-9-5-15-33-22)23-24(28(27(31)26(23)30)16-21-8-4-14-32-21)19-10-12-20(13-11-19)34-17-18-6-2-1-3-7-18/h1-15,24,30H,16-17H2/t24-/m1/s1. The molecule has 0 saturated heterocycles. The van der Waals surface area contributed by atoms with E-state index in [2.05, 4.69) is 0 Å². The van der Waals surface area contributed by atoms with E-state index in [4.69, 9.17) is 13.6 Å². The normalized spacial score (nSPS) is 15.7. The van der Waals surface area contributed by atoms with Crippen molar-refractivity contribution in [3.63, 3.8) is 0 Å². The van der Waals surface area contributed by atoms with E-state index in [9.17, 15) is 14.7 Å². The molecule has 0 aliphatic carbocycles.